The molecule has 6 heteroatoms. The lowest BCUT2D eigenvalue weighted by Crippen LogP contribution is -2.10. The Kier molecular flexibility index (Phi) is 22.6. The first-order valence-electron chi connectivity index (χ1n) is 49.8. The largest absolute Gasteiger partial charge is 0.456 e. The van der Waals surface area contributed by atoms with Gasteiger partial charge in [0.2, 0.25) is 0 Å². The number of fused-ring (bicyclic) bond motifs is 18. The Morgan fingerprint density at radius 3 is 0.616 bits per heavy atom. The minimum Gasteiger partial charge on any atom is -0.456 e. The molecule has 0 bridgehead atoms. The van der Waals surface area contributed by atoms with Crippen molar-refractivity contribution in [1.82, 2.24) is 0 Å². The lowest BCUT2D eigenvalue weighted by molar-refractivity contribution is 0.668. The van der Waals surface area contributed by atoms with E-state index in [2.05, 4.69) is 542 Å². The normalized spacial score (nSPS) is 11.4. The van der Waals surface area contributed by atoms with Crippen molar-refractivity contribution < 1.29 is 13.3 Å². The quantitative estimate of drug-likeness (QED) is 0.0847. The zero-order valence-corrected chi connectivity index (χ0v) is 79.8. The predicted molar refractivity (Wildman–Crippen MR) is 616 cm³/mol. The van der Waals surface area contributed by atoms with Crippen molar-refractivity contribution in [2.45, 2.75) is 0 Å². The van der Waals surface area contributed by atoms with Gasteiger partial charge in [-0.05, 0) is 295 Å². The van der Waals surface area contributed by atoms with Gasteiger partial charge in [-0.25, -0.2) is 0 Å². The van der Waals surface area contributed by atoms with Gasteiger partial charge in [0.15, 0.2) is 0 Å². The van der Waals surface area contributed by atoms with E-state index in [0.29, 0.717) is 0 Å². The van der Waals surface area contributed by atoms with Crippen LogP contribution in [-0.4, -0.2) is 0 Å². The lowest BCUT2D eigenvalue weighted by Gasteiger charge is -2.28. The summed E-state index contributed by atoms with van der Waals surface area (Å²) in [6, 6.07) is 202. The Labute approximate surface area is 846 Å². The van der Waals surface area contributed by atoms with Gasteiger partial charge >= 0.3 is 0 Å². The van der Waals surface area contributed by atoms with Crippen molar-refractivity contribution in [3.05, 3.63) is 564 Å². The molecule has 0 atom stereocenters. The van der Waals surface area contributed by atoms with Gasteiger partial charge in [0.05, 0.1) is 5.69 Å². The topological polar surface area (TPSA) is 49.1 Å². The molecule has 0 saturated heterocycles. The van der Waals surface area contributed by atoms with E-state index in [1.165, 1.54) is 126 Å². The second kappa shape index (κ2) is 38.0. The molecule has 686 valence electrons. The Morgan fingerprint density at radius 1 is 0.103 bits per heavy atom. The van der Waals surface area contributed by atoms with E-state index in [4.69, 9.17) is 13.3 Å². The maximum absolute atomic E-state index is 6.10. The van der Waals surface area contributed by atoms with Crippen molar-refractivity contribution >= 4 is 171 Å². The Bertz CT molecular complexity index is 9640. The van der Waals surface area contributed by atoms with Crippen molar-refractivity contribution in [2.24, 2.45) is 0 Å². The number of anilines is 9. The van der Waals surface area contributed by atoms with Crippen molar-refractivity contribution in [3.8, 4) is 89.0 Å². The fourth-order valence-electron chi connectivity index (χ4n) is 21.3. The summed E-state index contributed by atoms with van der Waals surface area (Å²) in [5, 5.41) is 19.4. The smallest absolute Gasteiger partial charge is 0.135 e. The average molecular weight is 1870 g/mol. The molecule has 0 aliphatic carbocycles. The highest BCUT2D eigenvalue weighted by atomic mass is 16.3. The summed E-state index contributed by atoms with van der Waals surface area (Å²) >= 11 is 0. The van der Waals surface area contributed by atoms with Crippen LogP contribution in [0.15, 0.2) is 577 Å². The summed E-state index contributed by atoms with van der Waals surface area (Å²) < 4.78 is 18.3. The van der Waals surface area contributed by atoms with E-state index in [-0.39, 0.29) is 0 Å². The number of nitrogens with zero attached hydrogens (tertiary/aromatic N) is 3. The van der Waals surface area contributed by atoms with Crippen LogP contribution in [0.3, 0.4) is 0 Å². The summed E-state index contributed by atoms with van der Waals surface area (Å²) in [7, 11) is 0. The molecule has 0 unspecified atom stereocenters. The molecule has 0 amide bonds. The first kappa shape index (κ1) is 86.9. The summed E-state index contributed by atoms with van der Waals surface area (Å²) in [5.41, 5.74) is 34.5. The maximum Gasteiger partial charge on any atom is 0.135 e. The minimum atomic E-state index is 0.910. The van der Waals surface area contributed by atoms with Gasteiger partial charge in [-0.3, -0.25) is 0 Å². The van der Waals surface area contributed by atoms with Gasteiger partial charge in [-0.2, -0.15) is 0 Å². The van der Waals surface area contributed by atoms with E-state index in [9.17, 15) is 0 Å². The molecule has 0 spiro atoms. The third kappa shape index (κ3) is 16.7. The first-order valence-corrected chi connectivity index (χ1v) is 49.8. The maximum atomic E-state index is 6.10. The zero-order chi connectivity index (χ0) is 96.7. The van der Waals surface area contributed by atoms with Crippen LogP contribution in [0, 0.1) is 0 Å². The van der Waals surface area contributed by atoms with Crippen molar-refractivity contribution in [1.29, 1.82) is 0 Å². The second-order valence-electron chi connectivity index (χ2n) is 37.3. The number of furan rings is 3. The second-order valence-corrected chi connectivity index (χ2v) is 37.3. The highest BCUT2D eigenvalue weighted by Crippen LogP contribution is 2.49. The van der Waals surface area contributed by atoms with Gasteiger partial charge in [-0.15, -0.1) is 0 Å². The van der Waals surface area contributed by atoms with Crippen LogP contribution >= 0.6 is 0 Å². The minimum absolute atomic E-state index is 0.910. The molecule has 0 radical (unpaired) electrons. The van der Waals surface area contributed by atoms with E-state index < -0.39 is 0 Å². The molecule has 146 heavy (non-hydrogen) atoms. The summed E-state index contributed by atoms with van der Waals surface area (Å²) in [5.74, 6) is 0. The van der Waals surface area contributed by atoms with Gasteiger partial charge in [0, 0.05) is 83.2 Å². The third-order valence-corrected chi connectivity index (χ3v) is 28.6. The van der Waals surface area contributed by atoms with Gasteiger partial charge < -0.3 is 28.0 Å². The third-order valence-electron chi connectivity index (χ3n) is 28.6. The van der Waals surface area contributed by atoms with Gasteiger partial charge in [0.25, 0.3) is 0 Å². The SMILES string of the molecule is c1ccc(-c2ccc(-c3ccc(N(c4ccc(-c5ccccc5)cc4)c4ccc(-c5ccc6oc7ccccc7c6c5)cc4)cc3)cc2)cc1.c1ccc(-c2ccc(N(c3ccc(-c4ccc5oc6ccccc6c5c4)cc3)c3cc4ccccc4c4ccccc34)cc2)cc1.c1ccc(-c2ccc(N(c3ccc(-c4ccc5oc6ccccc6c5c4)cc3)c3ccc4c5ccccc5c5ccccc5c4c3)cc2)cc1. The number of rotatable bonds is 17. The summed E-state index contributed by atoms with van der Waals surface area (Å²) in [6.45, 7) is 0. The molecule has 6 nitrogen and oxygen atoms in total. The summed E-state index contributed by atoms with van der Waals surface area (Å²) in [6.07, 6.45) is 0. The Hall–Kier alpha value is -19.4. The Morgan fingerprint density at radius 2 is 0.301 bits per heavy atom. The van der Waals surface area contributed by atoms with Crippen LogP contribution in [-0.2, 0) is 0 Å². The standard InChI is InChI=1S/C48H31NO.C48H33NO.C44H29NO/c1-2-10-32(11-3-1)33-18-23-36(24-19-33)49(38-27-28-43-41-14-5-4-12-39(41)40-13-6-7-15-42(40)45(43)31-38)37-25-20-34(21-26-37)35-22-29-48-46(30-35)44-16-8-9-17-47(44)50-48;1-3-9-34(10-4-1)36-15-17-37(18-16-36)39-21-28-43(29-22-39)49(42-26-19-38(20-27-42)35-11-5-2-6-12-35)44-30-23-40(24-31-44)41-25-32-48-46(33-41)45-13-7-8-14-47(45)50-48;1-2-10-30(11-3-1)31-18-23-35(24-19-31)45(42-29-34-12-4-5-13-37(34)38-14-6-7-15-39(38)42)36-25-20-32(21-26-36)33-22-27-44-41(28-33)40-16-8-9-17-43(40)46-44/h1-31H;1-33H;1-29H. The monoisotopic (exact) mass is 1860 g/mol. The molecule has 0 N–H and O–H groups in total. The molecular formula is C140H93N3O3. The molecule has 3 aromatic heterocycles. The van der Waals surface area contributed by atoms with Crippen LogP contribution in [0.5, 0.6) is 0 Å². The van der Waals surface area contributed by atoms with Crippen LogP contribution in [0.2, 0.25) is 0 Å². The number of hydrogen-bond acceptors (Lipinski definition) is 6. The number of hydrogen-bond donors (Lipinski definition) is 0. The fraction of sp³-hybridized carbons (Fsp3) is 0. The van der Waals surface area contributed by atoms with E-state index in [1.807, 2.05) is 36.4 Å². The average Bonchev–Trinajstić information content (AvgIpc) is 1.12. The lowest BCUT2D eigenvalue weighted by atomic mass is 9.94. The highest BCUT2D eigenvalue weighted by Gasteiger charge is 2.24. The molecule has 28 aromatic rings. The molecule has 0 aliphatic rings. The number of benzene rings is 25. The molecule has 0 fully saturated rings. The molecule has 3 heterocycles. The predicted octanol–water partition coefficient (Wildman–Crippen LogP) is 40.3. The molecule has 28 rings (SSSR count). The van der Waals surface area contributed by atoms with Crippen molar-refractivity contribution in [3.63, 3.8) is 0 Å². The molecule has 0 saturated carbocycles. The molecular weight excluding hydrogens is 1770 g/mol. The van der Waals surface area contributed by atoms with Crippen LogP contribution in [0.4, 0.5) is 51.2 Å². The fourth-order valence-corrected chi connectivity index (χ4v) is 21.3. The summed E-state index contributed by atoms with van der Waals surface area (Å²) in [4.78, 5) is 7.09. The van der Waals surface area contributed by atoms with Gasteiger partial charge in [0.1, 0.15) is 33.5 Å². The van der Waals surface area contributed by atoms with E-state index >= 15 is 0 Å². The van der Waals surface area contributed by atoms with Crippen molar-refractivity contribution in [2.75, 3.05) is 14.7 Å². The van der Waals surface area contributed by atoms with E-state index in [1.54, 1.807) is 0 Å². The molecule has 0 aliphatic heterocycles. The van der Waals surface area contributed by atoms with Crippen LogP contribution in [0.25, 0.3) is 209 Å². The molecule has 25 aromatic carbocycles. The van der Waals surface area contributed by atoms with E-state index in [0.717, 1.165) is 134 Å². The van der Waals surface area contributed by atoms with Gasteiger partial charge in [-0.1, -0.05) is 406 Å². The van der Waals surface area contributed by atoms with Crippen LogP contribution in [0.1, 0.15) is 0 Å². The Balaban J connectivity index is 0.000000111. The first-order chi connectivity index (χ1) is 72.3. The highest BCUT2D eigenvalue weighted by molar-refractivity contribution is 6.26. The number of para-hydroxylation sites is 3. The zero-order valence-electron chi connectivity index (χ0n) is 79.8. The van der Waals surface area contributed by atoms with Crippen LogP contribution < -0.4 is 14.7 Å².